The smallest absolute Gasteiger partial charge is 0.0101 e. The molecule has 1 atom stereocenters. The van der Waals surface area contributed by atoms with Crippen LogP contribution in [0.5, 0.6) is 0 Å². The molecule has 1 N–H and O–H groups in total. The van der Waals surface area contributed by atoms with E-state index in [4.69, 9.17) is 6.42 Å². The van der Waals surface area contributed by atoms with Crippen LogP contribution in [0.4, 0.5) is 0 Å². The fraction of sp³-hybridized carbons (Fsp3) is 0.818. The Labute approximate surface area is 75.9 Å². The molecule has 0 aromatic heterocycles. The highest BCUT2D eigenvalue weighted by molar-refractivity contribution is 4.87. The van der Waals surface area contributed by atoms with Crippen molar-refractivity contribution in [2.45, 2.75) is 45.1 Å². The third-order valence-corrected chi connectivity index (χ3v) is 2.44. The number of terminal acetylenes is 1. The fourth-order valence-electron chi connectivity index (χ4n) is 1.61. The van der Waals surface area contributed by atoms with Gasteiger partial charge in [0.25, 0.3) is 0 Å². The van der Waals surface area contributed by atoms with E-state index in [1.54, 1.807) is 0 Å². The van der Waals surface area contributed by atoms with E-state index in [9.17, 15) is 0 Å². The van der Waals surface area contributed by atoms with Crippen LogP contribution < -0.4 is 5.32 Å². The Morgan fingerprint density at radius 1 is 1.58 bits per heavy atom. The minimum Gasteiger partial charge on any atom is -0.314 e. The molecule has 0 spiro atoms. The molecule has 1 fully saturated rings. The summed E-state index contributed by atoms with van der Waals surface area (Å²) in [5, 5.41) is 3.49. The SMILES string of the molecule is C#CCCC(CC1CC1)NCC. The van der Waals surface area contributed by atoms with Gasteiger partial charge in [0.15, 0.2) is 0 Å². The molecule has 1 nitrogen and oxygen atoms in total. The Balaban J connectivity index is 2.12. The Morgan fingerprint density at radius 3 is 2.83 bits per heavy atom. The topological polar surface area (TPSA) is 12.0 Å². The maximum atomic E-state index is 5.24. The van der Waals surface area contributed by atoms with Crippen molar-refractivity contribution in [3.05, 3.63) is 0 Å². The first kappa shape index (κ1) is 9.61. The van der Waals surface area contributed by atoms with E-state index >= 15 is 0 Å². The quantitative estimate of drug-likeness (QED) is 0.595. The second kappa shape index (κ2) is 5.22. The van der Waals surface area contributed by atoms with Gasteiger partial charge in [0.1, 0.15) is 0 Å². The van der Waals surface area contributed by atoms with E-state index in [1.165, 1.54) is 19.3 Å². The largest absolute Gasteiger partial charge is 0.314 e. The van der Waals surface area contributed by atoms with Crippen molar-refractivity contribution in [2.24, 2.45) is 5.92 Å². The standard InChI is InChI=1S/C11H19N/c1-3-5-6-11(12-4-2)9-10-7-8-10/h1,10-12H,4-9H2,2H3. The summed E-state index contributed by atoms with van der Waals surface area (Å²) in [5.74, 6) is 3.72. The molecule has 12 heavy (non-hydrogen) atoms. The summed E-state index contributed by atoms with van der Waals surface area (Å²) >= 11 is 0. The molecule has 1 unspecified atom stereocenters. The normalized spacial score (nSPS) is 18.7. The summed E-state index contributed by atoms with van der Waals surface area (Å²) in [6.45, 7) is 3.23. The molecule has 0 radical (unpaired) electrons. The second-order valence-electron chi connectivity index (χ2n) is 3.68. The molecular weight excluding hydrogens is 146 g/mol. The molecule has 0 amide bonds. The molecule has 0 saturated heterocycles. The molecule has 1 heteroatoms. The second-order valence-corrected chi connectivity index (χ2v) is 3.68. The van der Waals surface area contributed by atoms with Crippen molar-refractivity contribution in [1.82, 2.24) is 5.32 Å². The van der Waals surface area contributed by atoms with Crippen LogP contribution >= 0.6 is 0 Å². The van der Waals surface area contributed by atoms with Crippen LogP contribution in [0.1, 0.15) is 39.0 Å². The Morgan fingerprint density at radius 2 is 2.33 bits per heavy atom. The van der Waals surface area contributed by atoms with Crippen molar-refractivity contribution in [1.29, 1.82) is 0 Å². The first-order valence-electron chi connectivity index (χ1n) is 5.03. The van der Waals surface area contributed by atoms with Crippen molar-refractivity contribution in [3.8, 4) is 12.3 Å². The molecule has 68 valence electrons. The maximum absolute atomic E-state index is 5.24. The van der Waals surface area contributed by atoms with Crippen LogP contribution in [0.15, 0.2) is 0 Å². The minimum atomic E-state index is 0.679. The van der Waals surface area contributed by atoms with Gasteiger partial charge in [0, 0.05) is 12.5 Å². The summed E-state index contributed by atoms with van der Waals surface area (Å²) in [7, 11) is 0. The van der Waals surface area contributed by atoms with Gasteiger partial charge in [-0.3, -0.25) is 0 Å². The average molecular weight is 165 g/mol. The summed E-state index contributed by atoms with van der Waals surface area (Å²) in [4.78, 5) is 0. The van der Waals surface area contributed by atoms with Gasteiger partial charge >= 0.3 is 0 Å². The molecule has 1 rings (SSSR count). The lowest BCUT2D eigenvalue weighted by molar-refractivity contribution is 0.447. The summed E-state index contributed by atoms with van der Waals surface area (Å²) in [6.07, 6.45) is 11.5. The molecule has 1 aliphatic carbocycles. The van der Waals surface area contributed by atoms with E-state index in [2.05, 4.69) is 18.2 Å². The highest BCUT2D eigenvalue weighted by atomic mass is 14.9. The fourth-order valence-corrected chi connectivity index (χ4v) is 1.61. The lowest BCUT2D eigenvalue weighted by Crippen LogP contribution is -2.29. The molecule has 0 bridgehead atoms. The van der Waals surface area contributed by atoms with Crippen LogP contribution in [-0.2, 0) is 0 Å². The van der Waals surface area contributed by atoms with Gasteiger partial charge in [-0.15, -0.1) is 12.3 Å². The highest BCUT2D eigenvalue weighted by Crippen LogP contribution is 2.34. The van der Waals surface area contributed by atoms with Crippen molar-refractivity contribution < 1.29 is 0 Å². The van der Waals surface area contributed by atoms with Crippen LogP contribution in [-0.4, -0.2) is 12.6 Å². The zero-order chi connectivity index (χ0) is 8.81. The van der Waals surface area contributed by atoms with Crippen LogP contribution in [0.25, 0.3) is 0 Å². The van der Waals surface area contributed by atoms with E-state index in [-0.39, 0.29) is 0 Å². The monoisotopic (exact) mass is 165 g/mol. The molecule has 1 saturated carbocycles. The van der Waals surface area contributed by atoms with Crippen molar-refractivity contribution in [3.63, 3.8) is 0 Å². The van der Waals surface area contributed by atoms with Gasteiger partial charge in [-0.05, 0) is 25.3 Å². The van der Waals surface area contributed by atoms with Crippen LogP contribution in [0.3, 0.4) is 0 Å². The van der Waals surface area contributed by atoms with Gasteiger partial charge in [0.05, 0.1) is 0 Å². The minimum absolute atomic E-state index is 0.679. The van der Waals surface area contributed by atoms with Crippen LogP contribution in [0.2, 0.25) is 0 Å². The van der Waals surface area contributed by atoms with E-state index in [1.807, 2.05) is 0 Å². The zero-order valence-corrected chi connectivity index (χ0v) is 7.97. The van der Waals surface area contributed by atoms with E-state index < -0.39 is 0 Å². The summed E-state index contributed by atoms with van der Waals surface area (Å²) in [6, 6.07) is 0.679. The zero-order valence-electron chi connectivity index (χ0n) is 7.97. The number of hydrogen-bond donors (Lipinski definition) is 1. The lowest BCUT2D eigenvalue weighted by atomic mass is 10.1. The number of rotatable bonds is 6. The predicted molar refractivity (Wildman–Crippen MR) is 52.9 cm³/mol. The molecular formula is C11H19N. The summed E-state index contributed by atoms with van der Waals surface area (Å²) in [5.41, 5.74) is 0. The Bertz CT molecular complexity index is 153. The van der Waals surface area contributed by atoms with Gasteiger partial charge in [0.2, 0.25) is 0 Å². The number of nitrogens with one attached hydrogen (secondary N) is 1. The Kier molecular flexibility index (Phi) is 4.18. The van der Waals surface area contributed by atoms with Gasteiger partial charge in [-0.1, -0.05) is 19.8 Å². The van der Waals surface area contributed by atoms with Crippen molar-refractivity contribution in [2.75, 3.05) is 6.54 Å². The highest BCUT2D eigenvalue weighted by Gasteiger charge is 2.24. The Hall–Kier alpha value is -0.480. The molecule has 0 heterocycles. The molecule has 1 aliphatic rings. The predicted octanol–water partition coefficient (Wildman–Crippen LogP) is 2.18. The third-order valence-electron chi connectivity index (χ3n) is 2.44. The van der Waals surface area contributed by atoms with Gasteiger partial charge in [-0.25, -0.2) is 0 Å². The van der Waals surface area contributed by atoms with Crippen LogP contribution in [0, 0.1) is 18.3 Å². The van der Waals surface area contributed by atoms with Crippen molar-refractivity contribution >= 4 is 0 Å². The molecule has 0 aromatic carbocycles. The number of hydrogen-bond acceptors (Lipinski definition) is 1. The third kappa shape index (κ3) is 3.78. The van der Waals surface area contributed by atoms with E-state index in [0.29, 0.717) is 6.04 Å². The first-order chi connectivity index (χ1) is 5.86. The lowest BCUT2D eigenvalue weighted by Gasteiger charge is -2.15. The maximum Gasteiger partial charge on any atom is 0.0101 e. The van der Waals surface area contributed by atoms with Gasteiger partial charge in [-0.2, -0.15) is 0 Å². The summed E-state index contributed by atoms with van der Waals surface area (Å²) < 4.78 is 0. The van der Waals surface area contributed by atoms with Gasteiger partial charge < -0.3 is 5.32 Å². The first-order valence-corrected chi connectivity index (χ1v) is 5.03. The molecule has 0 aliphatic heterocycles. The molecule has 0 aromatic rings. The van der Waals surface area contributed by atoms with E-state index in [0.717, 1.165) is 25.3 Å². The average Bonchev–Trinajstić information content (AvgIpc) is 2.84.